The van der Waals surface area contributed by atoms with Gasteiger partial charge in [0, 0.05) is 23.0 Å². The van der Waals surface area contributed by atoms with Crippen molar-refractivity contribution in [2.24, 2.45) is 50.2 Å². The third kappa shape index (κ3) is 5.53. The highest BCUT2D eigenvalue weighted by atomic mass is 16.5. The van der Waals surface area contributed by atoms with E-state index >= 15 is 0 Å². The zero-order chi connectivity index (χ0) is 36.5. The molecule has 0 radical (unpaired) electrons. The van der Waals surface area contributed by atoms with Gasteiger partial charge < -0.3 is 14.6 Å². The Kier molecular flexibility index (Phi) is 9.17. The molecule has 272 valence electrons. The number of allylic oxidation sites excluding steroid dienone is 3. The SMILES string of the molecule is C/C=C(\C)C(=O)O[C@@H]1CC(C)(C)C[C@H]2C3=CC[C@@H]4[C@@]5(C)CC[C@H](OC(=O)/C=C/c6ccccc6)C(C)(C)[C@@H]5CC[C@@]4(C)[C@]3(C)CC[C@@]12C(=O)O. The molecule has 0 amide bonds. The van der Waals surface area contributed by atoms with Gasteiger partial charge >= 0.3 is 17.9 Å². The molecule has 6 rings (SSSR count). The second-order valence-electron chi connectivity index (χ2n) is 18.7. The van der Waals surface area contributed by atoms with Crippen molar-refractivity contribution in [3.63, 3.8) is 0 Å². The summed E-state index contributed by atoms with van der Waals surface area (Å²) in [6, 6.07) is 9.84. The van der Waals surface area contributed by atoms with Crippen molar-refractivity contribution < 1.29 is 29.0 Å². The fourth-order valence-corrected chi connectivity index (χ4v) is 12.4. The Hall–Kier alpha value is -3.15. The Labute approximate surface area is 300 Å². The van der Waals surface area contributed by atoms with Gasteiger partial charge in [-0.15, -0.1) is 0 Å². The molecule has 5 aliphatic rings. The van der Waals surface area contributed by atoms with Crippen LogP contribution in [0, 0.1) is 50.2 Å². The fourth-order valence-electron chi connectivity index (χ4n) is 12.4. The molecule has 1 aromatic rings. The fraction of sp³-hybridized carbons (Fsp3) is 0.659. The number of carbonyl (C=O) groups is 3. The van der Waals surface area contributed by atoms with Crippen LogP contribution in [0.15, 0.2) is 59.7 Å². The van der Waals surface area contributed by atoms with Crippen molar-refractivity contribution in [2.75, 3.05) is 0 Å². The van der Waals surface area contributed by atoms with Gasteiger partial charge in [-0.05, 0) is 117 Å². The van der Waals surface area contributed by atoms with Crippen molar-refractivity contribution in [3.8, 4) is 0 Å². The first-order valence-electron chi connectivity index (χ1n) is 19.1. The molecule has 4 fully saturated rings. The lowest BCUT2D eigenvalue weighted by atomic mass is 9.33. The maximum Gasteiger partial charge on any atom is 0.333 e. The topological polar surface area (TPSA) is 89.9 Å². The zero-order valence-corrected chi connectivity index (χ0v) is 31.9. The first-order chi connectivity index (χ1) is 23.4. The van der Waals surface area contributed by atoms with E-state index in [0.29, 0.717) is 30.3 Å². The lowest BCUT2D eigenvalue weighted by Gasteiger charge is -2.71. The maximum atomic E-state index is 13.6. The van der Waals surface area contributed by atoms with Gasteiger partial charge in [0.15, 0.2) is 0 Å². The van der Waals surface area contributed by atoms with Crippen molar-refractivity contribution in [1.29, 1.82) is 0 Å². The molecule has 6 nitrogen and oxygen atoms in total. The number of ether oxygens (including phenoxy) is 2. The molecule has 9 atom stereocenters. The smallest absolute Gasteiger partial charge is 0.333 e. The summed E-state index contributed by atoms with van der Waals surface area (Å²) in [4.78, 5) is 39.8. The number of fused-ring (bicyclic) bond motifs is 7. The van der Waals surface area contributed by atoms with Crippen LogP contribution in [0.5, 0.6) is 0 Å². The third-order valence-corrected chi connectivity index (χ3v) is 15.4. The van der Waals surface area contributed by atoms with E-state index in [-0.39, 0.29) is 45.1 Å². The van der Waals surface area contributed by atoms with Crippen LogP contribution < -0.4 is 0 Å². The van der Waals surface area contributed by atoms with Crippen LogP contribution >= 0.6 is 0 Å². The summed E-state index contributed by atoms with van der Waals surface area (Å²) >= 11 is 0. The molecular weight excluding hydrogens is 624 g/mol. The van der Waals surface area contributed by atoms with E-state index in [1.807, 2.05) is 43.3 Å². The normalized spacial score (nSPS) is 40.3. The lowest BCUT2D eigenvalue weighted by molar-refractivity contribution is -0.219. The average Bonchev–Trinajstić information content (AvgIpc) is 3.05. The minimum atomic E-state index is -1.13. The molecule has 50 heavy (non-hydrogen) atoms. The molecule has 6 heteroatoms. The van der Waals surface area contributed by atoms with E-state index in [1.165, 1.54) is 5.57 Å². The largest absolute Gasteiger partial charge is 0.481 e. The summed E-state index contributed by atoms with van der Waals surface area (Å²) < 4.78 is 12.4. The van der Waals surface area contributed by atoms with Gasteiger partial charge in [-0.25, -0.2) is 9.59 Å². The first-order valence-corrected chi connectivity index (χ1v) is 19.1. The zero-order valence-electron chi connectivity index (χ0n) is 31.9. The highest BCUT2D eigenvalue weighted by Crippen LogP contribution is 2.76. The van der Waals surface area contributed by atoms with Crippen LogP contribution in [-0.4, -0.2) is 35.2 Å². The van der Waals surface area contributed by atoms with Gasteiger partial charge in [0.2, 0.25) is 0 Å². The van der Waals surface area contributed by atoms with Crippen molar-refractivity contribution in [1.82, 2.24) is 0 Å². The highest BCUT2D eigenvalue weighted by Gasteiger charge is 2.71. The number of hydrogen-bond donors (Lipinski definition) is 1. The van der Waals surface area contributed by atoms with E-state index in [4.69, 9.17) is 9.47 Å². The number of hydrogen-bond acceptors (Lipinski definition) is 5. The Morgan fingerprint density at radius 2 is 1.54 bits per heavy atom. The van der Waals surface area contributed by atoms with Gasteiger partial charge in [-0.3, -0.25) is 4.79 Å². The number of carboxylic acids is 1. The second-order valence-corrected chi connectivity index (χ2v) is 18.7. The first kappa shape index (κ1) is 36.6. The molecule has 0 heterocycles. The van der Waals surface area contributed by atoms with Crippen LogP contribution in [0.3, 0.4) is 0 Å². The number of esters is 2. The van der Waals surface area contributed by atoms with Gasteiger partial charge in [-0.2, -0.15) is 0 Å². The third-order valence-electron chi connectivity index (χ3n) is 15.4. The van der Waals surface area contributed by atoms with Gasteiger partial charge in [-0.1, -0.05) is 96.5 Å². The molecule has 0 aromatic heterocycles. The lowest BCUT2D eigenvalue weighted by Crippen LogP contribution is -2.67. The molecule has 0 aliphatic heterocycles. The molecule has 0 bridgehead atoms. The van der Waals surface area contributed by atoms with Gasteiger partial charge in [0.1, 0.15) is 17.6 Å². The Bertz CT molecular complexity index is 1620. The summed E-state index contributed by atoms with van der Waals surface area (Å²) in [7, 11) is 0. The quantitative estimate of drug-likeness (QED) is 0.182. The maximum absolute atomic E-state index is 13.6. The molecule has 5 aliphatic carbocycles. The monoisotopic (exact) mass is 684 g/mol. The molecule has 0 saturated heterocycles. The van der Waals surface area contributed by atoms with Crippen molar-refractivity contribution in [3.05, 3.63) is 65.3 Å². The van der Waals surface area contributed by atoms with Crippen LogP contribution in [0.25, 0.3) is 6.08 Å². The number of rotatable bonds is 6. The number of benzene rings is 1. The van der Waals surface area contributed by atoms with E-state index in [9.17, 15) is 19.5 Å². The second kappa shape index (κ2) is 12.5. The minimum Gasteiger partial charge on any atom is -0.481 e. The Balaban J connectivity index is 1.30. The van der Waals surface area contributed by atoms with E-state index in [2.05, 4.69) is 54.5 Å². The molecule has 1 aromatic carbocycles. The molecule has 4 saturated carbocycles. The summed E-state index contributed by atoms with van der Waals surface area (Å²) in [6.45, 7) is 20.0. The predicted octanol–water partition coefficient (Wildman–Crippen LogP) is 9.99. The van der Waals surface area contributed by atoms with Gasteiger partial charge in [0.05, 0.1) is 0 Å². The van der Waals surface area contributed by atoms with Crippen molar-refractivity contribution in [2.45, 2.75) is 132 Å². The number of carbonyl (C=O) groups excluding carboxylic acids is 2. The van der Waals surface area contributed by atoms with E-state index in [0.717, 1.165) is 50.5 Å². The van der Waals surface area contributed by atoms with Crippen LogP contribution in [0.2, 0.25) is 0 Å². The summed E-state index contributed by atoms with van der Waals surface area (Å²) in [5.74, 6) is -0.882. The highest BCUT2D eigenvalue weighted by molar-refractivity contribution is 5.88. The molecule has 0 unspecified atom stereocenters. The molecule has 0 spiro atoms. The summed E-state index contributed by atoms with van der Waals surface area (Å²) in [5.41, 5.74) is 1.18. The van der Waals surface area contributed by atoms with Crippen LogP contribution in [0.1, 0.15) is 126 Å². The van der Waals surface area contributed by atoms with Crippen molar-refractivity contribution >= 4 is 24.0 Å². The minimum absolute atomic E-state index is 0.0136. The molecule has 1 N–H and O–H groups in total. The van der Waals surface area contributed by atoms with Gasteiger partial charge in [0.25, 0.3) is 0 Å². The summed E-state index contributed by atoms with van der Waals surface area (Å²) in [6.07, 6.45) is 14.2. The van der Waals surface area contributed by atoms with Crippen LogP contribution in [0.4, 0.5) is 0 Å². The van der Waals surface area contributed by atoms with Crippen LogP contribution in [-0.2, 0) is 23.9 Å². The Morgan fingerprint density at radius 3 is 2.20 bits per heavy atom. The van der Waals surface area contributed by atoms with E-state index < -0.39 is 23.5 Å². The van der Waals surface area contributed by atoms with E-state index in [1.54, 1.807) is 19.1 Å². The predicted molar refractivity (Wildman–Crippen MR) is 197 cm³/mol. The Morgan fingerprint density at radius 1 is 0.840 bits per heavy atom. The summed E-state index contributed by atoms with van der Waals surface area (Å²) in [5, 5.41) is 11.1. The average molecular weight is 685 g/mol. The number of aliphatic carboxylic acids is 1. The number of carboxylic acid groups (broad SMARTS) is 1. The standard InChI is InChI=1S/C44H60O6/c1-10-28(2)37(46)50-35-27-39(3,4)26-31-30-17-18-33-41(7)22-21-34(49-36(45)19-16-29-14-12-11-13-15-29)40(5,6)32(41)20-23-43(33,9)42(30,8)24-25-44(31,35)38(47)48/h10-17,19,31-35H,18,20-27H2,1-9H3,(H,47,48)/b19-16+,28-10+/t31-,32-,33+,34-,35+,41-,42+,43+,44-/m0/s1. The molecular formula is C44H60O6.